The number of nitrogens with two attached hydrogens (primary N) is 1. The summed E-state index contributed by atoms with van der Waals surface area (Å²) in [6, 6.07) is 1.16. The lowest BCUT2D eigenvalue weighted by Crippen LogP contribution is -2.37. The molecule has 0 atom stereocenters. The maximum atomic E-state index is 11.2. The van der Waals surface area contributed by atoms with Crippen molar-refractivity contribution in [3.63, 3.8) is 0 Å². The van der Waals surface area contributed by atoms with Gasteiger partial charge in [-0.2, -0.15) is 0 Å². The van der Waals surface area contributed by atoms with E-state index in [1.165, 1.54) is 7.11 Å². The first kappa shape index (κ1) is 14.4. The lowest BCUT2D eigenvalue weighted by Gasteiger charge is -2.07. The summed E-state index contributed by atoms with van der Waals surface area (Å²) in [5.74, 6) is -2.16. The molecule has 1 rings (SSSR count). The van der Waals surface area contributed by atoms with Crippen molar-refractivity contribution in [2.45, 2.75) is 0 Å². The number of nitrogens with one attached hydrogen (secondary N) is 1. The normalized spacial score (nSPS) is 9.58. The number of rotatable bonds is 4. The van der Waals surface area contributed by atoms with E-state index in [9.17, 15) is 14.4 Å². The van der Waals surface area contributed by atoms with Crippen LogP contribution in [0, 0.1) is 0 Å². The molecule has 1 aromatic heterocycles. The first-order valence-electron chi connectivity index (χ1n) is 4.97. The summed E-state index contributed by atoms with van der Waals surface area (Å²) < 4.78 is 9.49. The zero-order chi connectivity index (χ0) is 14.4. The number of carbonyl (C=O) groups is 3. The Bertz CT molecular complexity index is 516. The summed E-state index contributed by atoms with van der Waals surface area (Å²) >= 11 is 0. The lowest BCUT2D eigenvalue weighted by molar-refractivity contribution is -0.118. The Hall–Kier alpha value is -2.68. The number of aromatic carboxylic acids is 1. The molecule has 9 nitrogen and oxygen atoms in total. The summed E-state index contributed by atoms with van der Waals surface area (Å²) in [4.78, 5) is 36.4. The zero-order valence-corrected chi connectivity index (χ0v) is 9.87. The maximum absolute atomic E-state index is 11.2. The van der Waals surface area contributed by atoms with Crippen molar-refractivity contribution in [1.82, 2.24) is 10.3 Å². The number of hydrogen-bond donors (Lipinski definition) is 3. The van der Waals surface area contributed by atoms with E-state index in [4.69, 9.17) is 20.3 Å². The zero-order valence-electron chi connectivity index (χ0n) is 9.87. The highest BCUT2D eigenvalue weighted by Crippen LogP contribution is 2.22. The van der Waals surface area contributed by atoms with Gasteiger partial charge in [-0.25, -0.2) is 14.6 Å². The standard InChI is InChI=1S/C10H11N3O6/c1-18-6-2-5(4-12-8(6)9(15)16)19-10(17)13-7(14)3-11/h2,4H,3,11H2,1H3,(H,15,16)(H,13,14,17). The highest BCUT2D eigenvalue weighted by Gasteiger charge is 2.15. The van der Waals surface area contributed by atoms with E-state index in [2.05, 4.69) is 4.98 Å². The van der Waals surface area contributed by atoms with Crippen molar-refractivity contribution < 1.29 is 29.0 Å². The van der Waals surface area contributed by atoms with Crippen molar-refractivity contribution >= 4 is 18.0 Å². The van der Waals surface area contributed by atoms with Gasteiger partial charge in [0.15, 0.2) is 17.2 Å². The Morgan fingerprint density at radius 1 is 1.47 bits per heavy atom. The molecule has 0 radical (unpaired) electrons. The van der Waals surface area contributed by atoms with Gasteiger partial charge in [-0.1, -0.05) is 0 Å². The van der Waals surface area contributed by atoms with Crippen LogP contribution in [-0.4, -0.2) is 41.7 Å². The second-order valence-electron chi connectivity index (χ2n) is 3.17. The van der Waals surface area contributed by atoms with Crippen LogP contribution < -0.4 is 20.5 Å². The fourth-order valence-electron chi connectivity index (χ4n) is 1.10. The van der Waals surface area contributed by atoms with Crippen LogP contribution in [0.1, 0.15) is 10.5 Å². The van der Waals surface area contributed by atoms with E-state index in [0.717, 1.165) is 12.3 Å². The summed E-state index contributed by atoms with van der Waals surface area (Å²) in [6.07, 6.45) is -0.0410. The minimum atomic E-state index is -1.29. The molecular formula is C10H11N3O6. The van der Waals surface area contributed by atoms with Gasteiger partial charge in [0.2, 0.25) is 5.91 Å². The van der Waals surface area contributed by atoms with Crippen LogP contribution in [0.15, 0.2) is 12.3 Å². The van der Waals surface area contributed by atoms with Gasteiger partial charge >= 0.3 is 12.1 Å². The topological polar surface area (TPSA) is 141 Å². The van der Waals surface area contributed by atoms with E-state index in [0.29, 0.717) is 0 Å². The molecule has 19 heavy (non-hydrogen) atoms. The second-order valence-corrected chi connectivity index (χ2v) is 3.17. The van der Waals surface area contributed by atoms with Crippen LogP contribution in [0.2, 0.25) is 0 Å². The molecule has 2 amide bonds. The molecule has 0 bridgehead atoms. The number of imide groups is 1. The molecule has 0 unspecified atom stereocenters. The van der Waals surface area contributed by atoms with Gasteiger partial charge in [-0.05, 0) is 0 Å². The van der Waals surface area contributed by atoms with Gasteiger partial charge in [0.05, 0.1) is 19.9 Å². The molecule has 9 heteroatoms. The Balaban J connectivity index is 2.83. The third kappa shape index (κ3) is 3.92. The van der Waals surface area contributed by atoms with Crippen molar-refractivity contribution in [3.8, 4) is 11.5 Å². The molecule has 0 spiro atoms. The van der Waals surface area contributed by atoms with Crippen LogP contribution in [0.3, 0.4) is 0 Å². The Labute approximate surface area is 107 Å². The number of pyridine rings is 1. The molecule has 0 aromatic carbocycles. The lowest BCUT2D eigenvalue weighted by atomic mass is 10.3. The molecule has 4 N–H and O–H groups in total. The average Bonchev–Trinajstić information content (AvgIpc) is 2.37. The monoisotopic (exact) mass is 269 g/mol. The largest absolute Gasteiger partial charge is 0.494 e. The van der Waals surface area contributed by atoms with Crippen molar-refractivity contribution in [2.24, 2.45) is 5.73 Å². The summed E-state index contributed by atoms with van der Waals surface area (Å²) in [5, 5.41) is 10.6. The Kier molecular flexibility index (Phi) is 4.77. The molecule has 0 fully saturated rings. The van der Waals surface area contributed by atoms with Crippen LogP contribution in [0.5, 0.6) is 11.5 Å². The Morgan fingerprint density at radius 3 is 2.68 bits per heavy atom. The number of methoxy groups -OCH3 is 1. The minimum Gasteiger partial charge on any atom is -0.494 e. The second kappa shape index (κ2) is 6.31. The predicted octanol–water partition coefficient (Wildman–Crippen LogP) is -0.638. The minimum absolute atomic E-state index is 0.0795. The molecule has 0 saturated carbocycles. The number of aromatic nitrogens is 1. The van der Waals surface area contributed by atoms with Gasteiger partial charge in [0, 0.05) is 6.07 Å². The van der Waals surface area contributed by atoms with Crippen LogP contribution in [-0.2, 0) is 4.79 Å². The van der Waals surface area contributed by atoms with Crippen LogP contribution >= 0.6 is 0 Å². The fourth-order valence-corrected chi connectivity index (χ4v) is 1.10. The number of ether oxygens (including phenoxy) is 2. The molecule has 0 aliphatic heterocycles. The van der Waals surface area contributed by atoms with E-state index < -0.39 is 18.0 Å². The van der Waals surface area contributed by atoms with E-state index in [1.807, 2.05) is 5.32 Å². The van der Waals surface area contributed by atoms with Gasteiger partial charge < -0.3 is 20.3 Å². The van der Waals surface area contributed by atoms with E-state index in [-0.39, 0.29) is 23.7 Å². The summed E-state index contributed by atoms with van der Waals surface area (Å²) in [5.41, 5.74) is 4.67. The molecule has 1 heterocycles. The number of amides is 2. The molecule has 1 aromatic rings. The molecule has 0 aliphatic rings. The third-order valence-electron chi connectivity index (χ3n) is 1.89. The average molecular weight is 269 g/mol. The van der Waals surface area contributed by atoms with Gasteiger partial charge in [-0.3, -0.25) is 10.1 Å². The Morgan fingerprint density at radius 2 is 2.16 bits per heavy atom. The number of hydrogen-bond acceptors (Lipinski definition) is 7. The highest BCUT2D eigenvalue weighted by molar-refractivity contribution is 5.93. The SMILES string of the molecule is COc1cc(OC(=O)NC(=O)CN)cnc1C(=O)O. The molecule has 0 saturated heterocycles. The molecule has 102 valence electrons. The number of carbonyl (C=O) groups excluding carboxylic acids is 2. The highest BCUT2D eigenvalue weighted by atomic mass is 16.6. The van der Waals surface area contributed by atoms with Gasteiger partial charge in [-0.15, -0.1) is 0 Å². The van der Waals surface area contributed by atoms with E-state index in [1.54, 1.807) is 0 Å². The molecule has 0 aliphatic carbocycles. The van der Waals surface area contributed by atoms with Crippen LogP contribution in [0.4, 0.5) is 4.79 Å². The number of carboxylic acid groups (broad SMARTS) is 1. The maximum Gasteiger partial charge on any atom is 0.419 e. The van der Waals surface area contributed by atoms with Crippen molar-refractivity contribution in [1.29, 1.82) is 0 Å². The quantitative estimate of drug-likeness (QED) is 0.655. The fraction of sp³-hybridized carbons (Fsp3) is 0.200. The first-order valence-corrected chi connectivity index (χ1v) is 4.97. The van der Waals surface area contributed by atoms with Crippen molar-refractivity contribution in [3.05, 3.63) is 18.0 Å². The number of nitrogens with zero attached hydrogens (tertiary/aromatic N) is 1. The predicted molar refractivity (Wildman–Crippen MR) is 61.0 cm³/mol. The number of carboxylic acids is 1. The van der Waals surface area contributed by atoms with E-state index >= 15 is 0 Å². The molecular weight excluding hydrogens is 258 g/mol. The first-order chi connectivity index (χ1) is 8.97. The smallest absolute Gasteiger partial charge is 0.419 e. The summed E-state index contributed by atoms with van der Waals surface area (Å²) in [6.45, 7) is -0.366. The van der Waals surface area contributed by atoms with Gasteiger partial charge in [0.25, 0.3) is 0 Å². The van der Waals surface area contributed by atoms with Crippen LogP contribution in [0.25, 0.3) is 0 Å². The van der Waals surface area contributed by atoms with Gasteiger partial charge in [0.1, 0.15) is 0 Å². The van der Waals surface area contributed by atoms with Crippen molar-refractivity contribution in [2.75, 3.05) is 13.7 Å². The third-order valence-corrected chi connectivity index (χ3v) is 1.89. The summed E-state index contributed by atoms with van der Waals surface area (Å²) in [7, 11) is 1.24.